The molecule has 0 bridgehead atoms. The van der Waals surface area contributed by atoms with E-state index in [1.807, 2.05) is 11.0 Å². The number of β-amino-alcohol motifs (C(OH)–C–C–N with tert-alkyl or cyclic N) is 1. The lowest BCUT2D eigenvalue weighted by atomic mass is 10.1. The van der Waals surface area contributed by atoms with E-state index < -0.39 is 0 Å². The van der Waals surface area contributed by atoms with Crippen molar-refractivity contribution in [3.8, 4) is 0 Å². The van der Waals surface area contributed by atoms with Crippen molar-refractivity contribution in [1.82, 2.24) is 15.1 Å². The number of carbonyl (C=O) groups is 1. The quantitative estimate of drug-likeness (QED) is 0.623. The number of nitrogens with one attached hydrogen (secondary N) is 1. The van der Waals surface area contributed by atoms with Gasteiger partial charge in [0.1, 0.15) is 0 Å². The third-order valence-electron chi connectivity index (χ3n) is 3.48. The highest BCUT2D eigenvalue weighted by Crippen LogP contribution is 2.11. The largest absolute Gasteiger partial charge is 0.392 e. The van der Waals surface area contributed by atoms with E-state index in [1.54, 1.807) is 0 Å². The normalized spacial score (nSPS) is 30.5. The second kappa shape index (κ2) is 5.62. The topological polar surface area (TPSA) is 55.8 Å². The van der Waals surface area contributed by atoms with Crippen LogP contribution in [0.2, 0.25) is 0 Å². The summed E-state index contributed by atoms with van der Waals surface area (Å²) >= 11 is 0. The van der Waals surface area contributed by atoms with Crippen LogP contribution in [0.15, 0.2) is 12.7 Å². The first kappa shape index (κ1) is 12.5. The van der Waals surface area contributed by atoms with Crippen LogP contribution in [0.25, 0.3) is 0 Å². The van der Waals surface area contributed by atoms with E-state index in [0.717, 1.165) is 32.7 Å². The zero-order valence-corrected chi connectivity index (χ0v) is 10.1. The standard InChI is InChI=1S/C12H21N3O2/c1-2-3-14-4-6-15(7-5-14)12(17)11-8-10(16)9-13-11/h2,10-11,13,16H,1,3-9H2. The molecule has 2 aliphatic heterocycles. The van der Waals surface area contributed by atoms with Gasteiger partial charge in [-0.3, -0.25) is 9.69 Å². The van der Waals surface area contributed by atoms with E-state index in [9.17, 15) is 9.90 Å². The van der Waals surface area contributed by atoms with E-state index in [0.29, 0.717) is 13.0 Å². The van der Waals surface area contributed by atoms with E-state index in [1.165, 1.54) is 0 Å². The highest BCUT2D eigenvalue weighted by Gasteiger charge is 2.32. The fourth-order valence-electron chi connectivity index (χ4n) is 2.46. The van der Waals surface area contributed by atoms with Crippen molar-refractivity contribution in [1.29, 1.82) is 0 Å². The van der Waals surface area contributed by atoms with Crippen LogP contribution in [0.4, 0.5) is 0 Å². The lowest BCUT2D eigenvalue weighted by Crippen LogP contribution is -2.52. The molecule has 2 fully saturated rings. The van der Waals surface area contributed by atoms with Crippen molar-refractivity contribution in [2.75, 3.05) is 39.3 Å². The Hall–Kier alpha value is -0.910. The van der Waals surface area contributed by atoms with Gasteiger partial charge in [0.05, 0.1) is 12.1 Å². The first-order chi connectivity index (χ1) is 8.20. The first-order valence-corrected chi connectivity index (χ1v) is 6.24. The number of rotatable bonds is 3. The molecular weight excluding hydrogens is 218 g/mol. The van der Waals surface area contributed by atoms with Crippen LogP contribution in [0.3, 0.4) is 0 Å². The molecule has 2 saturated heterocycles. The molecule has 2 N–H and O–H groups in total. The summed E-state index contributed by atoms with van der Waals surface area (Å²) in [7, 11) is 0. The Morgan fingerprint density at radius 1 is 1.41 bits per heavy atom. The van der Waals surface area contributed by atoms with Gasteiger partial charge in [-0.25, -0.2) is 0 Å². The number of hydrogen-bond donors (Lipinski definition) is 2. The molecule has 2 heterocycles. The van der Waals surface area contributed by atoms with Crippen LogP contribution < -0.4 is 5.32 Å². The van der Waals surface area contributed by atoms with Crippen molar-refractivity contribution in [2.24, 2.45) is 0 Å². The van der Waals surface area contributed by atoms with Gasteiger partial charge in [-0.2, -0.15) is 0 Å². The number of aliphatic hydroxyl groups is 1. The minimum atomic E-state index is -0.369. The molecule has 2 rings (SSSR count). The molecule has 17 heavy (non-hydrogen) atoms. The average molecular weight is 239 g/mol. The van der Waals surface area contributed by atoms with E-state index in [4.69, 9.17) is 0 Å². The number of aliphatic hydroxyl groups excluding tert-OH is 1. The molecule has 5 heteroatoms. The monoisotopic (exact) mass is 239 g/mol. The van der Waals surface area contributed by atoms with Crippen LogP contribution in [-0.4, -0.2) is 72.2 Å². The maximum atomic E-state index is 12.1. The van der Waals surface area contributed by atoms with Gasteiger partial charge in [0, 0.05) is 39.3 Å². The fourth-order valence-corrected chi connectivity index (χ4v) is 2.46. The van der Waals surface area contributed by atoms with Gasteiger partial charge in [0.25, 0.3) is 0 Å². The van der Waals surface area contributed by atoms with Crippen molar-refractivity contribution in [3.05, 3.63) is 12.7 Å². The van der Waals surface area contributed by atoms with Gasteiger partial charge in [0.15, 0.2) is 0 Å². The average Bonchev–Trinajstić information content (AvgIpc) is 2.76. The molecule has 2 aliphatic rings. The molecule has 0 aromatic rings. The maximum Gasteiger partial charge on any atom is 0.239 e. The molecule has 0 radical (unpaired) electrons. The van der Waals surface area contributed by atoms with Gasteiger partial charge in [-0.1, -0.05) is 6.08 Å². The number of piperazine rings is 1. The summed E-state index contributed by atoms with van der Waals surface area (Å²) in [4.78, 5) is 16.3. The second-order valence-corrected chi connectivity index (χ2v) is 4.76. The highest BCUT2D eigenvalue weighted by molar-refractivity contribution is 5.82. The zero-order valence-electron chi connectivity index (χ0n) is 10.1. The number of carbonyl (C=O) groups excluding carboxylic acids is 1. The molecule has 1 amide bonds. The van der Waals surface area contributed by atoms with Crippen LogP contribution in [0.5, 0.6) is 0 Å². The smallest absolute Gasteiger partial charge is 0.239 e. The Morgan fingerprint density at radius 3 is 2.65 bits per heavy atom. The fraction of sp³-hybridized carbons (Fsp3) is 0.750. The Bertz CT molecular complexity index is 287. The van der Waals surface area contributed by atoms with Gasteiger partial charge in [-0.05, 0) is 6.42 Å². The van der Waals surface area contributed by atoms with Crippen molar-refractivity contribution in [2.45, 2.75) is 18.6 Å². The predicted octanol–water partition coefficient (Wildman–Crippen LogP) is -0.961. The van der Waals surface area contributed by atoms with Crippen molar-refractivity contribution >= 4 is 5.91 Å². The Labute approximate surface area is 102 Å². The molecular formula is C12H21N3O2. The van der Waals surface area contributed by atoms with Crippen LogP contribution in [0.1, 0.15) is 6.42 Å². The molecule has 2 unspecified atom stereocenters. The van der Waals surface area contributed by atoms with E-state index in [-0.39, 0.29) is 18.1 Å². The molecule has 0 aromatic heterocycles. The molecule has 96 valence electrons. The summed E-state index contributed by atoms with van der Waals surface area (Å²) in [5.74, 6) is 0.139. The minimum absolute atomic E-state index is 0.139. The summed E-state index contributed by atoms with van der Waals surface area (Å²) in [6.45, 7) is 8.52. The number of nitrogens with zero attached hydrogens (tertiary/aromatic N) is 2. The van der Waals surface area contributed by atoms with Crippen LogP contribution in [-0.2, 0) is 4.79 Å². The van der Waals surface area contributed by atoms with Gasteiger partial charge >= 0.3 is 0 Å². The maximum absolute atomic E-state index is 12.1. The molecule has 0 aromatic carbocycles. The molecule has 0 saturated carbocycles. The van der Waals surface area contributed by atoms with Crippen LogP contribution >= 0.6 is 0 Å². The summed E-state index contributed by atoms with van der Waals surface area (Å²) in [5.41, 5.74) is 0. The third kappa shape index (κ3) is 3.06. The van der Waals surface area contributed by atoms with Crippen molar-refractivity contribution < 1.29 is 9.90 Å². The molecule has 2 atom stereocenters. The Morgan fingerprint density at radius 2 is 2.12 bits per heavy atom. The zero-order chi connectivity index (χ0) is 12.3. The molecule has 0 aliphatic carbocycles. The van der Waals surface area contributed by atoms with Crippen LogP contribution in [0, 0.1) is 0 Å². The van der Waals surface area contributed by atoms with Gasteiger partial charge in [-0.15, -0.1) is 6.58 Å². The first-order valence-electron chi connectivity index (χ1n) is 6.24. The van der Waals surface area contributed by atoms with E-state index in [2.05, 4.69) is 16.8 Å². The van der Waals surface area contributed by atoms with Crippen molar-refractivity contribution in [3.63, 3.8) is 0 Å². The number of amides is 1. The summed E-state index contributed by atoms with van der Waals surface area (Å²) in [6.07, 6.45) is 2.07. The minimum Gasteiger partial charge on any atom is -0.392 e. The summed E-state index contributed by atoms with van der Waals surface area (Å²) in [6, 6.07) is -0.184. The highest BCUT2D eigenvalue weighted by atomic mass is 16.3. The lowest BCUT2D eigenvalue weighted by Gasteiger charge is -2.35. The van der Waals surface area contributed by atoms with Gasteiger partial charge in [0.2, 0.25) is 5.91 Å². The predicted molar refractivity (Wildman–Crippen MR) is 65.6 cm³/mol. The Balaban J connectivity index is 1.80. The Kier molecular flexibility index (Phi) is 4.15. The molecule has 5 nitrogen and oxygen atoms in total. The van der Waals surface area contributed by atoms with E-state index >= 15 is 0 Å². The van der Waals surface area contributed by atoms with Gasteiger partial charge < -0.3 is 15.3 Å². The third-order valence-corrected chi connectivity index (χ3v) is 3.48. The number of hydrogen-bond acceptors (Lipinski definition) is 4. The lowest BCUT2D eigenvalue weighted by molar-refractivity contribution is -0.134. The second-order valence-electron chi connectivity index (χ2n) is 4.76. The summed E-state index contributed by atoms with van der Waals surface area (Å²) < 4.78 is 0. The SMILES string of the molecule is C=CCN1CCN(C(=O)C2CC(O)CN2)CC1. The molecule has 0 spiro atoms. The summed E-state index contributed by atoms with van der Waals surface area (Å²) in [5, 5.41) is 12.5.